The second-order valence-corrected chi connectivity index (χ2v) is 5.10. The average Bonchev–Trinajstić information content (AvgIpc) is 2.39. The van der Waals surface area contributed by atoms with Crippen molar-refractivity contribution in [3.63, 3.8) is 0 Å². The summed E-state index contributed by atoms with van der Waals surface area (Å²) >= 11 is 5.90. The number of halogens is 2. The predicted molar refractivity (Wildman–Crippen MR) is 62.2 cm³/mol. The molecule has 0 amide bonds. The van der Waals surface area contributed by atoms with Gasteiger partial charge in [0.15, 0.2) is 0 Å². The molecule has 2 N–H and O–H groups in total. The zero-order chi connectivity index (χ0) is 8.72. The lowest BCUT2D eigenvalue weighted by Gasteiger charge is -2.03. The van der Waals surface area contributed by atoms with Gasteiger partial charge >= 0.3 is 0 Å². The van der Waals surface area contributed by atoms with E-state index in [2.05, 4.69) is 50.7 Å². The van der Waals surface area contributed by atoms with Crippen molar-refractivity contribution in [2.75, 3.05) is 0 Å². The smallest absolute Gasteiger partial charge is 0.0311 e. The quantitative estimate of drug-likeness (QED) is 0.723. The van der Waals surface area contributed by atoms with E-state index in [0.29, 0.717) is 6.04 Å². The molecule has 1 aromatic carbocycles. The fraction of sp³-hybridized carbons (Fsp3) is 0.333. The van der Waals surface area contributed by atoms with Gasteiger partial charge in [0, 0.05) is 14.1 Å². The van der Waals surface area contributed by atoms with Gasteiger partial charge in [-0.2, -0.15) is 0 Å². The maximum Gasteiger partial charge on any atom is 0.0311 e. The van der Waals surface area contributed by atoms with Crippen LogP contribution in [0.5, 0.6) is 0 Å². The number of hydrogen-bond acceptors (Lipinski definition) is 1. The van der Waals surface area contributed by atoms with Crippen LogP contribution in [0.3, 0.4) is 0 Å². The predicted octanol–water partition coefficient (Wildman–Crippen LogP) is 2.48. The molecule has 12 heavy (non-hydrogen) atoms. The fourth-order valence-electron chi connectivity index (χ4n) is 1.66. The van der Waals surface area contributed by atoms with Crippen LogP contribution >= 0.6 is 38.5 Å². The van der Waals surface area contributed by atoms with E-state index in [1.54, 1.807) is 0 Å². The molecule has 1 atom stereocenters. The Balaban J connectivity index is 2.54. The molecule has 0 heterocycles. The first kappa shape index (κ1) is 8.97. The van der Waals surface area contributed by atoms with Crippen molar-refractivity contribution in [1.29, 1.82) is 0 Å². The summed E-state index contributed by atoms with van der Waals surface area (Å²) in [5, 5.41) is 0. The molecular formula is C9H9BrIN. The fourth-order valence-corrected chi connectivity index (χ4v) is 2.78. The van der Waals surface area contributed by atoms with Gasteiger partial charge in [0.25, 0.3) is 0 Å². The Hall–Kier alpha value is 0.390. The summed E-state index contributed by atoms with van der Waals surface area (Å²) in [5.41, 5.74) is 8.75. The van der Waals surface area contributed by atoms with Crippen LogP contribution in [-0.2, 0) is 12.8 Å². The zero-order valence-corrected chi connectivity index (χ0v) is 10.2. The van der Waals surface area contributed by atoms with E-state index in [1.165, 1.54) is 19.2 Å². The molecule has 0 spiro atoms. The molecule has 1 aliphatic carbocycles. The van der Waals surface area contributed by atoms with Crippen LogP contribution in [0.25, 0.3) is 0 Å². The van der Waals surface area contributed by atoms with Crippen LogP contribution < -0.4 is 5.73 Å². The summed E-state index contributed by atoms with van der Waals surface area (Å²) in [5.74, 6) is 0. The third-order valence-electron chi connectivity index (χ3n) is 2.24. The normalized spacial score (nSPS) is 21.1. The van der Waals surface area contributed by atoms with E-state index in [4.69, 9.17) is 5.73 Å². The summed E-state index contributed by atoms with van der Waals surface area (Å²) in [7, 11) is 0. The van der Waals surface area contributed by atoms with Gasteiger partial charge in [-0.3, -0.25) is 0 Å². The molecule has 2 rings (SSSR count). The van der Waals surface area contributed by atoms with E-state index in [1.807, 2.05) is 0 Å². The van der Waals surface area contributed by atoms with Crippen LogP contribution in [0.1, 0.15) is 11.1 Å². The van der Waals surface area contributed by atoms with Crippen LogP contribution in [0, 0.1) is 3.57 Å². The van der Waals surface area contributed by atoms with Crippen molar-refractivity contribution in [1.82, 2.24) is 0 Å². The lowest BCUT2D eigenvalue weighted by atomic mass is 10.1. The molecule has 1 nitrogen and oxygen atoms in total. The Morgan fingerprint density at radius 3 is 2.92 bits per heavy atom. The topological polar surface area (TPSA) is 26.0 Å². The van der Waals surface area contributed by atoms with Gasteiger partial charge in [0.1, 0.15) is 0 Å². The van der Waals surface area contributed by atoms with Gasteiger partial charge in [-0.1, -0.05) is 6.07 Å². The van der Waals surface area contributed by atoms with Gasteiger partial charge < -0.3 is 5.73 Å². The first-order chi connectivity index (χ1) is 5.68. The van der Waals surface area contributed by atoms with Crippen LogP contribution in [0.2, 0.25) is 0 Å². The lowest BCUT2D eigenvalue weighted by molar-refractivity contribution is 0.720. The Kier molecular flexibility index (Phi) is 2.44. The molecular weight excluding hydrogens is 329 g/mol. The van der Waals surface area contributed by atoms with Crippen molar-refractivity contribution in [2.24, 2.45) is 5.73 Å². The minimum atomic E-state index is 0.336. The number of rotatable bonds is 0. The highest BCUT2D eigenvalue weighted by atomic mass is 127. The van der Waals surface area contributed by atoms with Crippen molar-refractivity contribution in [3.05, 3.63) is 31.3 Å². The maximum atomic E-state index is 5.89. The Labute approximate surface area is 94.0 Å². The highest BCUT2D eigenvalue weighted by Crippen LogP contribution is 2.31. The minimum absolute atomic E-state index is 0.336. The lowest BCUT2D eigenvalue weighted by Crippen LogP contribution is -2.19. The molecule has 3 heteroatoms. The summed E-state index contributed by atoms with van der Waals surface area (Å²) in [4.78, 5) is 0. The largest absolute Gasteiger partial charge is 0.327 e. The van der Waals surface area contributed by atoms with Gasteiger partial charge in [-0.25, -0.2) is 0 Å². The Bertz CT molecular complexity index is 325. The number of nitrogens with two attached hydrogens (primary N) is 1. The van der Waals surface area contributed by atoms with Crippen molar-refractivity contribution in [3.8, 4) is 0 Å². The van der Waals surface area contributed by atoms with Gasteiger partial charge in [-0.15, -0.1) is 0 Å². The summed E-state index contributed by atoms with van der Waals surface area (Å²) in [6.45, 7) is 0. The molecule has 1 unspecified atom stereocenters. The molecule has 0 radical (unpaired) electrons. The molecule has 0 saturated carbocycles. The van der Waals surface area contributed by atoms with E-state index >= 15 is 0 Å². The first-order valence-electron chi connectivity index (χ1n) is 3.90. The van der Waals surface area contributed by atoms with E-state index < -0.39 is 0 Å². The highest BCUT2D eigenvalue weighted by Gasteiger charge is 2.20. The number of hydrogen-bond donors (Lipinski definition) is 1. The maximum absolute atomic E-state index is 5.89. The molecule has 64 valence electrons. The Morgan fingerprint density at radius 2 is 2.17 bits per heavy atom. The van der Waals surface area contributed by atoms with Crippen LogP contribution in [-0.4, -0.2) is 6.04 Å². The van der Waals surface area contributed by atoms with Crippen molar-refractivity contribution >= 4 is 38.5 Å². The summed E-state index contributed by atoms with van der Waals surface area (Å²) in [6.07, 6.45) is 2.08. The van der Waals surface area contributed by atoms with E-state index in [0.717, 1.165) is 12.8 Å². The standard InChI is InChI=1S/C9H9BrIN/c10-8-2-1-5-3-6(12)4-7(5)9(8)11/h1-2,6H,3-4,12H2. The molecule has 0 fully saturated rings. The molecule has 0 saturated heterocycles. The second-order valence-electron chi connectivity index (χ2n) is 3.17. The van der Waals surface area contributed by atoms with Crippen molar-refractivity contribution < 1.29 is 0 Å². The van der Waals surface area contributed by atoms with Gasteiger partial charge in [0.05, 0.1) is 0 Å². The zero-order valence-electron chi connectivity index (χ0n) is 6.48. The third-order valence-corrected chi connectivity index (χ3v) is 4.88. The molecule has 1 aromatic rings. The summed E-state index contributed by atoms with van der Waals surface area (Å²) in [6, 6.07) is 4.62. The molecule has 0 aliphatic heterocycles. The Morgan fingerprint density at radius 1 is 1.42 bits per heavy atom. The van der Waals surface area contributed by atoms with Crippen LogP contribution in [0.4, 0.5) is 0 Å². The number of fused-ring (bicyclic) bond motifs is 1. The van der Waals surface area contributed by atoms with E-state index in [-0.39, 0.29) is 0 Å². The molecule has 0 aromatic heterocycles. The molecule has 0 bridgehead atoms. The van der Waals surface area contributed by atoms with Gasteiger partial charge in [0.2, 0.25) is 0 Å². The highest BCUT2D eigenvalue weighted by molar-refractivity contribution is 14.1. The average molecular weight is 338 g/mol. The van der Waals surface area contributed by atoms with E-state index in [9.17, 15) is 0 Å². The first-order valence-corrected chi connectivity index (χ1v) is 5.77. The van der Waals surface area contributed by atoms with Crippen LogP contribution in [0.15, 0.2) is 16.6 Å². The number of benzene rings is 1. The second kappa shape index (κ2) is 3.27. The molecule has 1 aliphatic rings. The van der Waals surface area contributed by atoms with Gasteiger partial charge in [-0.05, 0) is 68.6 Å². The summed E-state index contributed by atoms with van der Waals surface area (Å²) < 4.78 is 2.52. The third kappa shape index (κ3) is 1.42. The monoisotopic (exact) mass is 337 g/mol. The minimum Gasteiger partial charge on any atom is -0.327 e. The SMILES string of the molecule is NC1Cc2ccc(Br)c(I)c2C1. The van der Waals surface area contributed by atoms with Crippen molar-refractivity contribution in [2.45, 2.75) is 18.9 Å².